The number of nitrogens with zero attached hydrogens (tertiary/aromatic N) is 2. The van der Waals surface area contributed by atoms with Crippen LogP contribution in [-0.2, 0) is 9.59 Å². The monoisotopic (exact) mass is 310 g/mol. The fourth-order valence-electron chi connectivity index (χ4n) is 4.10. The molecule has 1 aliphatic heterocycles. The smallest absolute Gasteiger partial charge is 0.260 e. The van der Waals surface area contributed by atoms with Gasteiger partial charge in [-0.15, -0.1) is 0 Å². The summed E-state index contributed by atoms with van der Waals surface area (Å²) in [5.41, 5.74) is 1.68. The summed E-state index contributed by atoms with van der Waals surface area (Å²) in [7, 11) is 0. The van der Waals surface area contributed by atoms with E-state index in [2.05, 4.69) is 12.0 Å². The molecule has 3 rings (SSSR count). The number of hydrazone groups is 1. The maximum atomic E-state index is 13.4. The summed E-state index contributed by atoms with van der Waals surface area (Å²) in [5.74, 6) is -0.0298. The highest BCUT2D eigenvalue weighted by molar-refractivity contribution is 6.20. The molecule has 1 spiro atoms. The van der Waals surface area contributed by atoms with Gasteiger partial charge in [0.2, 0.25) is 0 Å². The Bertz CT molecular complexity index is 693. The van der Waals surface area contributed by atoms with E-state index < -0.39 is 5.41 Å². The highest BCUT2D eigenvalue weighted by atomic mass is 16.2. The van der Waals surface area contributed by atoms with Crippen molar-refractivity contribution in [3.63, 3.8) is 0 Å². The maximum absolute atomic E-state index is 13.4. The molecule has 0 N–H and O–H groups in total. The zero-order valence-corrected chi connectivity index (χ0v) is 13.8. The summed E-state index contributed by atoms with van der Waals surface area (Å²) in [6.07, 6.45) is 4.30. The van der Waals surface area contributed by atoms with Gasteiger partial charge in [-0.3, -0.25) is 9.59 Å². The number of carbonyl (C=O) groups excluding carboxylic acids is 2. The summed E-state index contributed by atoms with van der Waals surface area (Å²) in [6, 6.07) is 9.51. The number of anilines is 1. The number of aldehydes is 1. The van der Waals surface area contributed by atoms with Crippen molar-refractivity contribution >= 4 is 23.6 Å². The molecule has 2 aliphatic rings. The van der Waals surface area contributed by atoms with Crippen molar-refractivity contribution in [1.29, 1.82) is 0 Å². The Morgan fingerprint density at radius 1 is 1.30 bits per heavy atom. The summed E-state index contributed by atoms with van der Waals surface area (Å²) >= 11 is 0. The summed E-state index contributed by atoms with van der Waals surface area (Å²) in [4.78, 5) is 24.8. The summed E-state index contributed by atoms with van der Waals surface area (Å²) in [6.45, 7) is 6.10. The lowest BCUT2D eigenvalue weighted by Crippen LogP contribution is -2.51. The van der Waals surface area contributed by atoms with Crippen LogP contribution in [0.25, 0.3) is 0 Å². The predicted molar refractivity (Wildman–Crippen MR) is 91.2 cm³/mol. The molecule has 0 aromatic heterocycles. The van der Waals surface area contributed by atoms with Gasteiger partial charge in [-0.2, -0.15) is 10.1 Å². The van der Waals surface area contributed by atoms with Gasteiger partial charge >= 0.3 is 0 Å². The quantitative estimate of drug-likeness (QED) is 0.801. The van der Waals surface area contributed by atoms with E-state index in [9.17, 15) is 9.59 Å². The van der Waals surface area contributed by atoms with Crippen LogP contribution in [0.15, 0.2) is 47.1 Å². The van der Waals surface area contributed by atoms with Crippen molar-refractivity contribution in [2.45, 2.75) is 33.6 Å². The average Bonchev–Trinajstić information content (AvgIpc) is 2.88. The number of benzene rings is 1. The van der Waals surface area contributed by atoms with E-state index in [1.807, 2.05) is 50.3 Å². The Labute approximate surface area is 136 Å². The highest BCUT2D eigenvalue weighted by Crippen LogP contribution is 2.51. The second-order valence-electron chi connectivity index (χ2n) is 6.40. The first-order valence-electron chi connectivity index (χ1n) is 8.20. The number of allylic oxidation sites excluding steroid dienone is 2. The van der Waals surface area contributed by atoms with Crippen LogP contribution in [0.3, 0.4) is 0 Å². The van der Waals surface area contributed by atoms with Crippen molar-refractivity contribution in [3.05, 3.63) is 42.0 Å². The van der Waals surface area contributed by atoms with Crippen LogP contribution < -0.4 is 5.01 Å². The van der Waals surface area contributed by atoms with Crippen LogP contribution in [0.4, 0.5) is 5.69 Å². The van der Waals surface area contributed by atoms with Gasteiger partial charge in [0.15, 0.2) is 0 Å². The van der Waals surface area contributed by atoms with Crippen LogP contribution >= 0.6 is 0 Å². The molecule has 0 saturated heterocycles. The number of carbonyl (C=O) groups is 2. The molecular formula is C19H22N2O2. The molecule has 0 saturated carbocycles. The van der Waals surface area contributed by atoms with E-state index in [0.29, 0.717) is 12.0 Å². The Hall–Kier alpha value is -2.23. The van der Waals surface area contributed by atoms with Gasteiger partial charge in [0.1, 0.15) is 11.7 Å². The minimum Gasteiger partial charge on any atom is -0.298 e. The molecule has 1 heterocycles. The standard InChI is InChI=1S/C19H22N2O2/c1-4-17-19(13(2)10-11-15(12-22)14(19)3)18(23)21(20-17)16-8-6-5-7-9-16/h5-9,11-14H,4,10H2,1-3H3/t13-,14-,19-/m1/s1. The third kappa shape index (κ3) is 2.08. The SMILES string of the molecule is CCC1=NN(c2ccccc2)C(=O)[C@@]12[C@H](C)CC=C(C=O)[C@H]2C. The molecule has 1 aromatic carbocycles. The molecule has 120 valence electrons. The van der Waals surface area contributed by atoms with Gasteiger partial charge < -0.3 is 0 Å². The lowest BCUT2D eigenvalue weighted by Gasteiger charge is -2.42. The molecule has 1 amide bonds. The predicted octanol–water partition coefficient (Wildman–Crippen LogP) is 3.59. The van der Waals surface area contributed by atoms with Gasteiger partial charge in [-0.05, 0) is 36.5 Å². The van der Waals surface area contributed by atoms with E-state index >= 15 is 0 Å². The first-order chi connectivity index (χ1) is 11.1. The van der Waals surface area contributed by atoms with Crippen LogP contribution in [0, 0.1) is 17.3 Å². The molecule has 0 bridgehead atoms. The van der Waals surface area contributed by atoms with E-state index in [4.69, 9.17) is 0 Å². The zero-order chi connectivity index (χ0) is 16.6. The van der Waals surface area contributed by atoms with E-state index in [1.54, 1.807) is 0 Å². The lowest BCUT2D eigenvalue weighted by molar-refractivity contribution is -0.128. The number of hydrogen-bond donors (Lipinski definition) is 0. The molecule has 1 aromatic rings. The molecular weight excluding hydrogens is 288 g/mol. The number of hydrogen-bond acceptors (Lipinski definition) is 3. The maximum Gasteiger partial charge on any atom is 0.260 e. The van der Waals surface area contributed by atoms with E-state index in [-0.39, 0.29) is 17.7 Å². The number of rotatable bonds is 3. The molecule has 4 nitrogen and oxygen atoms in total. The Balaban J connectivity index is 2.12. The van der Waals surface area contributed by atoms with Gasteiger partial charge in [0.05, 0.1) is 11.4 Å². The Kier molecular flexibility index (Phi) is 3.92. The molecule has 0 fully saturated rings. The zero-order valence-electron chi connectivity index (χ0n) is 13.8. The second-order valence-corrected chi connectivity index (χ2v) is 6.40. The van der Waals surface area contributed by atoms with Crippen molar-refractivity contribution in [2.75, 3.05) is 5.01 Å². The summed E-state index contributed by atoms with van der Waals surface area (Å²) < 4.78 is 0. The van der Waals surface area contributed by atoms with E-state index in [1.165, 1.54) is 5.01 Å². The Morgan fingerprint density at radius 2 is 2.00 bits per heavy atom. The van der Waals surface area contributed by atoms with Gasteiger partial charge in [-0.25, -0.2) is 0 Å². The second kappa shape index (κ2) is 5.76. The molecule has 23 heavy (non-hydrogen) atoms. The first-order valence-corrected chi connectivity index (χ1v) is 8.20. The van der Waals surface area contributed by atoms with Crippen molar-refractivity contribution in [2.24, 2.45) is 22.4 Å². The first kappa shape index (κ1) is 15.7. The van der Waals surface area contributed by atoms with Gasteiger partial charge in [0, 0.05) is 5.92 Å². The third-order valence-corrected chi connectivity index (χ3v) is 5.38. The fraction of sp³-hybridized carbons (Fsp3) is 0.421. The fourth-order valence-corrected chi connectivity index (χ4v) is 4.10. The molecule has 4 heteroatoms. The molecule has 3 atom stereocenters. The van der Waals surface area contributed by atoms with Gasteiger partial charge in [-0.1, -0.05) is 45.0 Å². The van der Waals surface area contributed by atoms with Crippen molar-refractivity contribution < 1.29 is 9.59 Å². The topological polar surface area (TPSA) is 49.7 Å². The molecule has 1 aliphatic carbocycles. The van der Waals surface area contributed by atoms with E-state index in [0.717, 1.165) is 24.1 Å². The van der Waals surface area contributed by atoms with Gasteiger partial charge in [0.25, 0.3) is 5.91 Å². The van der Waals surface area contributed by atoms with Crippen LogP contribution in [0.2, 0.25) is 0 Å². The normalized spacial score (nSPS) is 30.4. The number of para-hydroxylation sites is 1. The highest BCUT2D eigenvalue weighted by Gasteiger charge is 2.58. The third-order valence-electron chi connectivity index (χ3n) is 5.38. The molecule has 0 radical (unpaired) electrons. The molecule has 0 unspecified atom stereocenters. The summed E-state index contributed by atoms with van der Waals surface area (Å²) in [5, 5.41) is 6.19. The number of amides is 1. The largest absolute Gasteiger partial charge is 0.298 e. The van der Waals surface area contributed by atoms with Crippen LogP contribution in [0.5, 0.6) is 0 Å². The minimum absolute atomic E-state index is 0.00648. The van der Waals surface area contributed by atoms with Crippen LogP contribution in [-0.4, -0.2) is 17.9 Å². The Morgan fingerprint density at radius 3 is 2.61 bits per heavy atom. The lowest BCUT2D eigenvalue weighted by atomic mass is 9.58. The van der Waals surface area contributed by atoms with Crippen molar-refractivity contribution in [3.8, 4) is 0 Å². The van der Waals surface area contributed by atoms with Crippen LogP contribution in [0.1, 0.15) is 33.6 Å². The van der Waals surface area contributed by atoms with Crippen molar-refractivity contribution in [1.82, 2.24) is 0 Å². The average molecular weight is 310 g/mol. The minimum atomic E-state index is -0.699.